The third-order valence-corrected chi connectivity index (χ3v) is 3.97. The average molecular weight is 419 g/mol. The Morgan fingerprint density at radius 1 is 1.38 bits per heavy atom. The van der Waals surface area contributed by atoms with E-state index in [1.165, 1.54) is 30.0 Å². The molecular weight excluding hydrogens is 407 g/mol. The molecule has 1 aromatic carbocycles. The summed E-state index contributed by atoms with van der Waals surface area (Å²) in [5, 5.41) is 21.7. The molecule has 0 aliphatic heterocycles. The third kappa shape index (κ3) is 3.62. The summed E-state index contributed by atoms with van der Waals surface area (Å²) in [4.78, 5) is 11.8. The highest BCUT2D eigenvalue weighted by Gasteiger charge is 2.18. The monoisotopic (exact) mass is 418 g/mol. The van der Waals surface area contributed by atoms with E-state index in [1.807, 2.05) is 0 Å². The van der Waals surface area contributed by atoms with Gasteiger partial charge in [0.2, 0.25) is 0 Å². The van der Waals surface area contributed by atoms with Gasteiger partial charge >= 0.3 is 0 Å². The van der Waals surface area contributed by atoms with Crippen LogP contribution in [-0.2, 0) is 4.79 Å². The van der Waals surface area contributed by atoms with Crippen molar-refractivity contribution in [2.45, 2.75) is 6.92 Å². The van der Waals surface area contributed by atoms with E-state index in [1.54, 1.807) is 30.6 Å². The molecule has 2 aromatic heterocycles. The fraction of sp³-hybridized carbons (Fsp3) is 0.0588. The summed E-state index contributed by atoms with van der Waals surface area (Å²) in [5.74, 6) is -1.67. The first kappa shape index (κ1) is 17.7. The van der Waals surface area contributed by atoms with Crippen molar-refractivity contribution in [3.05, 3.63) is 70.7 Å². The molecule has 0 spiro atoms. The van der Waals surface area contributed by atoms with Crippen molar-refractivity contribution in [1.29, 1.82) is 0 Å². The van der Waals surface area contributed by atoms with Gasteiger partial charge in [-0.05, 0) is 40.2 Å². The first-order valence-electron chi connectivity index (χ1n) is 7.36. The quantitative estimate of drug-likeness (QED) is 0.359. The molecule has 7 nitrogen and oxygen atoms in total. The van der Waals surface area contributed by atoms with E-state index in [4.69, 9.17) is 4.42 Å². The van der Waals surface area contributed by atoms with Crippen LogP contribution in [0.15, 0.2) is 73.8 Å². The Labute approximate surface area is 155 Å². The van der Waals surface area contributed by atoms with Gasteiger partial charge in [0.15, 0.2) is 28.8 Å². The van der Waals surface area contributed by atoms with Crippen molar-refractivity contribution in [2.75, 3.05) is 0 Å². The lowest BCUT2D eigenvalue weighted by atomic mass is 10.2. The summed E-state index contributed by atoms with van der Waals surface area (Å²) in [7, 11) is 0. The lowest BCUT2D eigenvalue weighted by molar-refractivity contribution is -0.113. The van der Waals surface area contributed by atoms with Crippen LogP contribution in [0.1, 0.15) is 12.7 Å². The molecule has 0 aliphatic carbocycles. The van der Waals surface area contributed by atoms with Gasteiger partial charge < -0.3 is 9.52 Å². The standard InChI is InChI=1S/C17H12BrFN4O3/c1-10(24)15(16(25)17-12(18)5-8-26-17)22-21-14-4-3-11(9-13(14)19)23-7-2-6-20-23/h2-9,25H,1H3. The van der Waals surface area contributed by atoms with Crippen LogP contribution in [0, 0.1) is 5.82 Å². The number of Topliss-reactive ketones (excluding diaryl/α,β-unsaturated/α-hetero) is 1. The fourth-order valence-electron chi connectivity index (χ4n) is 2.10. The Hall–Kier alpha value is -3.07. The molecule has 0 saturated heterocycles. The number of furan rings is 1. The number of nitrogens with zero attached hydrogens (tertiary/aromatic N) is 4. The molecule has 0 saturated carbocycles. The largest absolute Gasteiger partial charge is 0.503 e. The number of rotatable bonds is 5. The fourth-order valence-corrected chi connectivity index (χ4v) is 2.49. The number of carbonyl (C=O) groups is 1. The highest BCUT2D eigenvalue weighted by Crippen LogP contribution is 2.28. The van der Waals surface area contributed by atoms with Crippen LogP contribution in [0.25, 0.3) is 11.4 Å². The van der Waals surface area contributed by atoms with Gasteiger partial charge in [-0.1, -0.05) is 0 Å². The second kappa shape index (κ2) is 7.44. The van der Waals surface area contributed by atoms with Gasteiger partial charge in [-0.3, -0.25) is 4.79 Å². The molecule has 0 atom stereocenters. The number of ketones is 1. The van der Waals surface area contributed by atoms with Gasteiger partial charge in [-0.2, -0.15) is 5.10 Å². The maximum atomic E-state index is 14.2. The Kier molecular flexibility index (Phi) is 5.08. The second-order valence-corrected chi connectivity index (χ2v) is 5.99. The van der Waals surface area contributed by atoms with Crippen molar-refractivity contribution in [3.8, 4) is 5.69 Å². The molecule has 0 radical (unpaired) electrons. The van der Waals surface area contributed by atoms with E-state index < -0.39 is 17.4 Å². The predicted octanol–water partition coefficient (Wildman–Crippen LogP) is 4.97. The lowest BCUT2D eigenvalue weighted by Crippen LogP contribution is -1.98. The number of hydrogen-bond acceptors (Lipinski definition) is 6. The normalized spacial score (nSPS) is 12.4. The highest BCUT2D eigenvalue weighted by atomic mass is 79.9. The van der Waals surface area contributed by atoms with Crippen molar-refractivity contribution in [3.63, 3.8) is 0 Å². The summed E-state index contributed by atoms with van der Waals surface area (Å²) in [5.41, 5.74) is 0.0679. The van der Waals surface area contributed by atoms with E-state index in [2.05, 4.69) is 31.3 Å². The third-order valence-electron chi connectivity index (χ3n) is 3.35. The zero-order chi connectivity index (χ0) is 18.7. The Morgan fingerprint density at radius 3 is 2.77 bits per heavy atom. The van der Waals surface area contributed by atoms with Crippen LogP contribution in [0.2, 0.25) is 0 Å². The molecule has 0 bridgehead atoms. The Balaban J connectivity index is 1.94. The van der Waals surface area contributed by atoms with Crippen LogP contribution < -0.4 is 0 Å². The van der Waals surface area contributed by atoms with Crippen LogP contribution in [0.3, 0.4) is 0 Å². The number of benzene rings is 1. The minimum atomic E-state index is -0.650. The van der Waals surface area contributed by atoms with E-state index in [0.717, 1.165) is 0 Å². The summed E-state index contributed by atoms with van der Waals surface area (Å²) in [6, 6.07) is 7.50. The number of halogens is 2. The smallest absolute Gasteiger partial charge is 0.191 e. The maximum absolute atomic E-state index is 14.2. The molecule has 3 rings (SSSR count). The first-order chi connectivity index (χ1) is 12.5. The molecule has 26 heavy (non-hydrogen) atoms. The SMILES string of the molecule is CC(=O)C(N=Nc1ccc(-n2cccn2)cc1F)=C(O)c1occc1Br. The molecule has 132 valence electrons. The van der Waals surface area contributed by atoms with Crippen molar-refractivity contribution in [2.24, 2.45) is 10.2 Å². The molecule has 9 heteroatoms. The first-order valence-corrected chi connectivity index (χ1v) is 8.15. The molecule has 1 N–H and O–H groups in total. The van der Waals surface area contributed by atoms with Gasteiger partial charge in [-0.15, -0.1) is 10.2 Å². The molecule has 0 amide bonds. The van der Waals surface area contributed by atoms with Gasteiger partial charge in [0, 0.05) is 25.4 Å². The average Bonchev–Trinajstić information content (AvgIpc) is 3.27. The van der Waals surface area contributed by atoms with Crippen LogP contribution in [0.4, 0.5) is 10.1 Å². The van der Waals surface area contributed by atoms with E-state index >= 15 is 0 Å². The number of aromatic nitrogens is 2. The number of azo groups is 1. The molecule has 0 fully saturated rings. The van der Waals surface area contributed by atoms with Crippen molar-refractivity contribution in [1.82, 2.24) is 9.78 Å². The Bertz CT molecular complexity index is 1010. The minimum Gasteiger partial charge on any atom is -0.503 e. The summed E-state index contributed by atoms with van der Waals surface area (Å²) < 4.78 is 21.3. The number of hydrogen-bond donors (Lipinski definition) is 1. The van der Waals surface area contributed by atoms with Gasteiger partial charge in [0.05, 0.1) is 16.4 Å². The second-order valence-electron chi connectivity index (χ2n) is 5.14. The molecular formula is C17H12BrFN4O3. The van der Waals surface area contributed by atoms with E-state index in [0.29, 0.717) is 10.2 Å². The molecule has 0 unspecified atom stereocenters. The number of aliphatic hydroxyl groups is 1. The Morgan fingerprint density at radius 2 is 2.19 bits per heavy atom. The number of carbonyl (C=O) groups excluding carboxylic acids is 1. The van der Waals surface area contributed by atoms with Gasteiger partial charge in [-0.25, -0.2) is 9.07 Å². The van der Waals surface area contributed by atoms with Gasteiger partial charge in [0.1, 0.15) is 5.69 Å². The van der Waals surface area contributed by atoms with E-state index in [-0.39, 0.29) is 17.1 Å². The highest BCUT2D eigenvalue weighted by molar-refractivity contribution is 9.10. The van der Waals surface area contributed by atoms with Crippen molar-refractivity contribution < 1.29 is 18.7 Å². The minimum absolute atomic E-state index is 0.0312. The lowest BCUT2D eigenvalue weighted by Gasteiger charge is -2.03. The van der Waals surface area contributed by atoms with Crippen LogP contribution in [0.5, 0.6) is 0 Å². The summed E-state index contributed by atoms with van der Waals surface area (Å²) >= 11 is 3.18. The predicted molar refractivity (Wildman–Crippen MR) is 94.7 cm³/mol. The molecule has 0 aliphatic rings. The van der Waals surface area contributed by atoms with Gasteiger partial charge in [0.25, 0.3) is 0 Å². The van der Waals surface area contributed by atoms with Crippen molar-refractivity contribution >= 4 is 33.2 Å². The maximum Gasteiger partial charge on any atom is 0.191 e. The zero-order valence-corrected chi connectivity index (χ0v) is 15.0. The summed E-state index contributed by atoms with van der Waals surface area (Å²) in [6.45, 7) is 1.21. The molecule has 3 aromatic rings. The van der Waals surface area contributed by atoms with E-state index in [9.17, 15) is 14.3 Å². The zero-order valence-electron chi connectivity index (χ0n) is 13.4. The molecule has 2 heterocycles. The number of allylic oxidation sites excluding steroid dienone is 1. The number of aliphatic hydroxyl groups excluding tert-OH is 1. The van der Waals surface area contributed by atoms with Crippen LogP contribution in [-0.4, -0.2) is 20.7 Å². The van der Waals surface area contributed by atoms with Crippen LogP contribution >= 0.6 is 15.9 Å². The topological polar surface area (TPSA) is 93.0 Å². The summed E-state index contributed by atoms with van der Waals surface area (Å²) in [6.07, 6.45) is 4.58.